The normalized spacial score (nSPS) is 17.2. The number of aryl methyl sites for hydroxylation is 2. The molecule has 160 valence electrons. The minimum atomic E-state index is -0.168. The van der Waals surface area contributed by atoms with Crippen molar-refractivity contribution in [3.8, 4) is 0 Å². The van der Waals surface area contributed by atoms with E-state index in [0.29, 0.717) is 30.5 Å². The quantitative estimate of drug-likeness (QED) is 0.721. The van der Waals surface area contributed by atoms with Crippen LogP contribution in [-0.4, -0.2) is 41.5 Å². The number of nitrogens with one attached hydrogen (secondary N) is 1. The molecule has 1 N–H and O–H groups in total. The molecule has 6 heteroatoms. The lowest BCUT2D eigenvalue weighted by Gasteiger charge is -2.32. The predicted molar refractivity (Wildman–Crippen MR) is 114 cm³/mol. The van der Waals surface area contributed by atoms with E-state index < -0.39 is 0 Å². The van der Waals surface area contributed by atoms with Crippen LogP contribution in [0.15, 0.2) is 34.9 Å². The highest BCUT2D eigenvalue weighted by molar-refractivity contribution is 5.92. The number of likely N-dealkylation sites (tertiary alicyclic amines) is 1. The number of rotatable bonds is 8. The first kappa shape index (κ1) is 20.6. The summed E-state index contributed by atoms with van der Waals surface area (Å²) >= 11 is 0. The summed E-state index contributed by atoms with van der Waals surface area (Å²) in [5, 5.41) is 6.87. The molecule has 6 nitrogen and oxygen atoms in total. The topological polar surface area (TPSA) is 75.4 Å². The number of carbonyl (C=O) groups excluding carboxylic acids is 2. The summed E-state index contributed by atoms with van der Waals surface area (Å²) < 4.78 is 5.25. The van der Waals surface area contributed by atoms with Crippen LogP contribution in [0.1, 0.15) is 72.3 Å². The molecule has 0 atom stereocenters. The number of amides is 2. The van der Waals surface area contributed by atoms with E-state index in [2.05, 4.69) is 41.7 Å². The van der Waals surface area contributed by atoms with Crippen LogP contribution >= 0.6 is 0 Å². The Bertz CT molecular complexity index is 862. The van der Waals surface area contributed by atoms with Crippen LogP contribution in [0.25, 0.3) is 0 Å². The second kappa shape index (κ2) is 9.45. The number of hydrogen-bond acceptors (Lipinski definition) is 4. The van der Waals surface area contributed by atoms with Gasteiger partial charge in [0.2, 0.25) is 5.91 Å². The minimum absolute atomic E-state index is 0.168. The molecule has 0 radical (unpaired) electrons. The number of piperidine rings is 1. The third-order valence-electron chi connectivity index (χ3n) is 6.32. The van der Waals surface area contributed by atoms with Gasteiger partial charge in [0.1, 0.15) is 5.76 Å². The van der Waals surface area contributed by atoms with Gasteiger partial charge < -0.3 is 14.7 Å². The van der Waals surface area contributed by atoms with Crippen LogP contribution in [-0.2, 0) is 17.6 Å². The summed E-state index contributed by atoms with van der Waals surface area (Å²) in [4.78, 5) is 26.8. The molecule has 1 aliphatic carbocycles. The fourth-order valence-electron chi connectivity index (χ4n) is 4.02. The number of carbonyl (C=O) groups is 2. The first-order valence-electron chi connectivity index (χ1n) is 11.2. The van der Waals surface area contributed by atoms with Crippen LogP contribution < -0.4 is 5.32 Å². The maximum Gasteiger partial charge on any atom is 0.273 e. The molecule has 1 saturated carbocycles. The van der Waals surface area contributed by atoms with Crippen molar-refractivity contribution in [3.63, 3.8) is 0 Å². The number of benzene rings is 1. The van der Waals surface area contributed by atoms with Gasteiger partial charge in [0.05, 0.1) is 0 Å². The molecule has 1 aromatic carbocycles. The summed E-state index contributed by atoms with van der Waals surface area (Å²) in [5.74, 6) is 1.74. The van der Waals surface area contributed by atoms with Gasteiger partial charge in [0.25, 0.3) is 5.91 Å². The molecule has 1 aromatic heterocycles. The maximum atomic E-state index is 12.6. The molecule has 0 spiro atoms. The number of aromatic nitrogens is 1. The number of hydrogen-bond donors (Lipinski definition) is 1. The maximum absolute atomic E-state index is 12.6. The van der Waals surface area contributed by atoms with Gasteiger partial charge in [-0.1, -0.05) is 36.3 Å². The lowest BCUT2D eigenvalue weighted by atomic mass is 9.96. The van der Waals surface area contributed by atoms with E-state index >= 15 is 0 Å². The third-order valence-corrected chi connectivity index (χ3v) is 6.32. The summed E-state index contributed by atoms with van der Waals surface area (Å²) in [5.41, 5.74) is 2.92. The molecule has 1 aliphatic heterocycles. The molecule has 4 rings (SSSR count). The van der Waals surface area contributed by atoms with Gasteiger partial charge in [-0.05, 0) is 55.6 Å². The van der Waals surface area contributed by atoms with Gasteiger partial charge >= 0.3 is 0 Å². The summed E-state index contributed by atoms with van der Waals surface area (Å²) in [6.45, 7) is 4.30. The summed E-state index contributed by atoms with van der Waals surface area (Å²) in [6.07, 6.45) is 6.47. The van der Waals surface area contributed by atoms with Gasteiger partial charge in [0, 0.05) is 38.0 Å². The van der Waals surface area contributed by atoms with E-state index in [0.717, 1.165) is 57.4 Å². The van der Waals surface area contributed by atoms with Crippen molar-refractivity contribution in [1.29, 1.82) is 0 Å². The molecule has 2 aromatic rings. The molecule has 0 unspecified atom stereocenters. The second-order valence-corrected chi connectivity index (χ2v) is 8.59. The smallest absolute Gasteiger partial charge is 0.273 e. The van der Waals surface area contributed by atoms with Gasteiger partial charge in [-0.3, -0.25) is 9.59 Å². The molecule has 1 saturated heterocycles. The van der Waals surface area contributed by atoms with Crippen molar-refractivity contribution in [2.45, 2.75) is 57.8 Å². The zero-order valence-corrected chi connectivity index (χ0v) is 17.7. The van der Waals surface area contributed by atoms with Crippen LogP contribution in [0.4, 0.5) is 0 Å². The average Bonchev–Trinajstić information content (AvgIpc) is 3.52. The molecule has 2 aliphatic rings. The van der Waals surface area contributed by atoms with Crippen molar-refractivity contribution in [1.82, 2.24) is 15.4 Å². The minimum Gasteiger partial charge on any atom is -0.360 e. The first-order valence-corrected chi connectivity index (χ1v) is 11.2. The standard InChI is InChI=1S/C24H31N3O3/c1-2-17-3-5-18(6-4-17)7-10-23(28)27-13-11-19(12-14-27)16-25-24(29)21-15-22(30-26-21)20-8-9-20/h3-6,15,19-20H,2,7-14,16H2,1H3,(H,25,29). The average molecular weight is 410 g/mol. The van der Waals surface area contributed by atoms with E-state index in [1.807, 2.05) is 4.90 Å². The van der Waals surface area contributed by atoms with Crippen LogP contribution in [0.5, 0.6) is 0 Å². The molecule has 2 fully saturated rings. The van der Waals surface area contributed by atoms with Crippen LogP contribution in [0, 0.1) is 5.92 Å². The Morgan fingerprint density at radius 1 is 1.10 bits per heavy atom. The van der Waals surface area contributed by atoms with Crippen LogP contribution in [0.2, 0.25) is 0 Å². The predicted octanol–water partition coefficient (Wildman–Crippen LogP) is 3.72. The van der Waals surface area contributed by atoms with Crippen molar-refractivity contribution in [2.75, 3.05) is 19.6 Å². The largest absolute Gasteiger partial charge is 0.360 e. The Hall–Kier alpha value is -2.63. The Balaban J connectivity index is 1.15. The lowest BCUT2D eigenvalue weighted by molar-refractivity contribution is -0.132. The van der Waals surface area contributed by atoms with Gasteiger partial charge in [-0.2, -0.15) is 0 Å². The van der Waals surface area contributed by atoms with E-state index in [9.17, 15) is 9.59 Å². The van der Waals surface area contributed by atoms with E-state index in [4.69, 9.17) is 4.52 Å². The summed E-state index contributed by atoms with van der Waals surface area (Å²) in [6, 6.07) is 10.3. The van der Waals surface area contributed by atoms with Gasteiger partial charge in [-0.25, -0.2) is 0 Å². The lowest BCUT2D eigenvalue weighted by Crippen LogP contribution is -2.41. The van der Waals surface area contributed by atoms with Crippen molar-refractivity contribution in [2.24, 2.45) is 5.92 Å². The highest BCUT2D eigenvalue weighted by Gasteiger charge is 2.29. The molecule has 0 bridgehead atoms. The van der Waals surface area contributed by atoms with Crippen molar-refractivity contribution in [3.05, 3.63) is 52.9 Å². The number of nitrogens with zero attached hydrogens (tertiary/aromatic N) is 2. The fraction of sp³-hybridized carbons (Fsp3) is 0.542. The first-order chi connectivity index (χ1) is 14.6. The highest BCUT2D eigenvalue weighted by Crippen LogP contribution is 2.40. The SMILES string of the molecule is CCc1ccc(CCC(=O)N2CCC(CNC(=O)c3cc(C4CC4)on3)CC2)cc1. The van der Waals surface area contributed by atoms with Gasteiger partial charge in [-0.15, -0.1) is 0 Å². The second-order valence-electron chi connectivity index (χ2n) is 8.59. The summed E-state index contributed by atoms with van der Waals surface area (Å²) in [7, 11) is 0. The Kier molecular flexibility index (Phi) is 6.50. The van der Waals surface area contributed by atoms with Crippen molar-refractivity contribution >= 4 is 11.8 Å². The Labute approximate surface area is 178 Å². The molecular formula is C24H31N3O3. The Morgan fingerprint density at radius 3 is 2.47 bits per heavy atom. The molecule has 2 amide bonds. The van der Waals surface area contributed by atoms with Crippen LogP contribution in [0.3, 0.4) is 0 Å². The van der Waals surface area contributed by atoms with E-state index in [1.54, 1.807) is 6.07 Å². The van der Waals surface area contributed by atoms with E-state index in [1.165, 1.54) is 11.1 Å². The zero-order chi connectivity index (χ0) is 20.9. The monoisotopic (exact) mass is 409 g/mol. The van der Waals surface area contributed by atoms with Gasteiger partial charge in [0.15, 0.2) is 5.69 Å². The Morgan fingerprint density at radius 2 is 1.80 bits per heavy atom. The molecule has 30 heavy (non-hydrogen) atoms. The highest BCUT2D eigenvalue weighted by atomic mass is 16.5. The third kappa shape index (κ3) is 5.29. The molecular weight excluding hydrogens is 378 g/mol. The fourth-order valence-corrected chi connectivity index (χ4v) is 4.02. The zero-order valence-electron chi connectivity index (χ0n) is 17.7. The molecule has 2 heterocycles. The van der Waals surface area contributed by atoms with Crippen molar-refractivity contribution < 1.29 is 14.1 Å². The van der Waals surface area contributed by atoms with E-state index in [-0.39, 0.29) is 11.8 Å².